The van der Waals surface area contributed by atoms with Crippen LogP contribution in [0.5, 0.6) is 5.75 Å². The topological polar surface area (TPSA) is 106 Å². The minimum absolute atomic E-state index is 0.0252. The molecule has 0 radical (unpaired) electrons. The van der Waals surface area contributed by atoms with Gasteiger partial charge >= 0.3 is 0 Å². The van der Waals surface area contributed by atoms with E-state index in [2.05, 4.69) is 61.5 Å². The summed E-state index contributed by atoms with van der Waals surface area (Å²) in [6.07, 6.45) is 4.91. The third-order valence-corrected chi connectivity index (χ3v) is 10.8. The molecule has 0 bridgehead atoms. The summed E-state index contributed by atoms with van der Waals surface area (Å²) in [5.41, 5.74) is 2.66. The van der Waals surface area contributed by atoms with Gasteiger partial charge in [-0.05, 0) is 52.0 Å². The first-order valence-electron chi connectivity index (χ1n) is 14.5. The Hall–Kier alpha value is -3.48. The molecule has 0 saturated heterocycles. The Morgan fingerprint density at radius 3 is 2.65 bits per heavy atom. The second kappa shape index (κ2) is 12.3. The van der Waals surface area contributed by atoms with E-state index in [-0.39, 0.29) is 22.4 Å². The summed E-state index contributed by atoms with van der Waals surface area (Å²) in [6, 6.07) is 8.74. The van der Waals surface area contributed by atoms with Gasteiger partial charge in [-0.15, -0.1) is 5.10 Å². The van der Waals surface area contributed by atoms with E-state index in [0.717, 1.165) is 57.9 Å². The lowest BCUT2D eigenvalue weighted by Crippen LogP contribution is -2.52. The number of rotatable bonds is 10. The number of hydrogen-bond donors (Lipinski definition) is 1. The second-order valence-corrected chi connectivity index (χ2v) is 13.5. The van der Waals surface area contributed by atoms with Crippen LogP contribution in [0.25, 0.3) is 0 Å². The SMILES string of the molecule is CC[N+](CC)(Cc1ccc2c(c1)OCCC2n1cc(CC2C(=O)NC=CN2S(=O)(=O)c2ccc(F)c(Cl)c2)nn1)C(C)C. The van der Waals surface area contributed by atoms with Crippen LogP contribution in [0.3, 0.4) is 0 Å². The molecule has 3 heterocycles. The Bertz CT molecular complexity index is 1640. The van der Waals surface area contributed by atoms with Gasteiger partial charge in [0.05, 0.1) is 47.4 Å². The number of halogens is 2. The predicted molar refractivity (Wildman–Crippen MR) is 160 cm³/mol. The fraction of sp³-hybridized carbons (Fsp3) is 0.433. The Morgan fingerprint density at radius 2 is 1.95 bits per heavy atom. The molecule has 1 aromatic heterocycles. The zero-order valence-corrected chi connectivity index (χ0v) is 26.3. The van der Waals surface area contributed by atoms with Crippen molar-refractivity contribution in [1.29, 1.82) is 0 Å². The molecule has 2 unspecified atom stereocenters. The van der Waals surface area contributed by atoms with Gasteiger partial charge in [0, 0.05) is 42.6 Å². The maximum Gasteiger partial charge on any atom is 0.264 e. The molecule has 2 aliphatic heterocycles. The van der Waals surface area contributed by atoms with Crippen molar-refractivity contribution in [3.63, 3.8) is 0 Å². The van der Waals surface area contributed by atoms with E-state index in [0.29, 0.717) is 24.8 Å². The number of ether oxygens (including phenoxy) is 1. The van der Waals surface area contributed by atoms with Crippen molar-refractivity contribution in [3.8, 4) is 5.75 Å². The minimum Gasteiger partial charge on any atom is -0.493 e. The molecule has 230 valence electrons. The van der Waals surface area contributed by atoms with Crippen molar-refractivity contribution in [2.75, 3.05) is 19.7 Å². The number of benzene rings is 2. The van der Waals surface area contributed by atoms with Crippen molar-refractivity contribution in [2.24, 2.45) is 0 Å². The molecule has 13 heteroatoms. The van der Waals surface area contributed by atoms with Crippen molar-refractivity contribution in [1.82, 2.24) is 24.6 Å². The molecule has 0 spiro atoms. The van der Waals surface area contributed by atoms with Gasteiger partial charge in [-0.25, -0.2) is 17.5 Å². The lowest BCUT2D eigenvalue weighted by molar-refractivity contribution is -0.957. The Morgan fingerprint density at radius 1 is 1.19 bits per heavy atom. The third-order valence-electron chi connectivity index (χ3n) is 8.74. The number of aromatic nitrogens is 3. The summed E-state index contributed by atoms with van der Waals surface area (Å²) >= 11 is 5.84. The molecule has 1 N–H and O–H groups in total. The number of amides is 1. The van der Waals surface area contributed by atoms with Gasteiger partial charge < -0.3 is 14.5 Å². The summed E-state index contributed by atoms with van der Waals surface area (Å²) in [6.45, 7) is 12.5. The van der Waals surface area contributed by atoms with Crippen molar-refractivity contribution in [2.45, 2.75) is 70.1 Å². The van der Waals surface area contributed by atoms with Crippen LogP contribution in [0.1, 0.15) is 57.0 Å². The van der Waals surface area contributed by atoms with Gasteiger partial charge in [0.25, 0.3) is 10.0 Å². The summed E-state index contributed by atoms with van der Waals surface area (Å²) in [4.78, 5) is 12.6. The summed E-state index contributed by atoms with van der Waals surface area (Å²) in [5.74, 6) is -0.434. The third kappa shape index (κ3) is 6.00. The van der Waals surface area contributed by atoms with Gasteiger partial charge in [-0.2, -0.15) is 0 Å². The van der Waals surface area contributed by atoms with Crippen LogP contribution in [0.4, 0.5) is 4.39 Å². The molecule has 0 fully saturated rings. The van der Waals surface area contributed by atoms with Gasteiger partial charge in [-0.3, -0.25) is 9.10 Å². The average molecular weight is 632 g/mol. The molecule has 1 amide bonds. The van der Waals surface area contributed by atoms with Gasteiger partial charge in [0.2, 0.25) is 5.91 Å². The highest BCUT2D eigenvalue weighted by Gasteiger charge is 2.37. The van der Waals surface area contributed by atoms with Gasteiger partial charge in [0.15, 0.2) is 0 Å². The smallest absolute Gasteiger partial charge is 0.264 e. The first-order valence-corrected chi connectivity index (χ1v) is 16.3. The lowest BCUT2D eigenvalue weighted by atomic mass is 9.98. The molecular formula is C30H37ClFN6O4S+. The largest absolute Gasteiger partial charge is 0.493 e. The summed E-state index contributed by atoms with van der Waals surface area (Å²) in [7, 11) is -4.22. The van der Waals surface area contributed by atoms with E-state index in [1.807, 2.05) is 0 Å². The highest BCUT2D eigenvalue weighted by molar-refractivity contribution is 7.89. The molecule has 0 saturated carbocycles. The Labute approximate surface area is 256 Å². The zero-order valence-electron chi connectivity index (χ0n) is 24.7. The molecule has 2 aromatic carbocycles. The number of nitrogens with one attached hydrogen (secondary N) is 1. The van der Waals surface area contributed by atoms with Crippen LogP contribution in [0.15, 0.2) is 59.9 Å². The molecule has 43 heavy (non-hydrogen) atoms. The van der Waals surface area contributed by atoms with Crippen molar-refractivity contribution >= 4 is 27.5 Å². The number of carbonyl (C=O) groups is 1. The summed E-state index contributed by atoms with van der Waals surface area (Å²) in [5, 5.41) is 10.9. The second-order valence-electron chi connectivity index (χ2n) is 11.3. The monoisotopic (exact) mass is 631 g/mol. The van der Waals surface area contributed by atoms with Gasteiger partial charge in [-0.1, -0.05) is 28.9 Å². The van der Waals surface area contributed by atoms with Gasteiger partial charge in [0.1, 0.15) is 24.2 Å². The first-order chi connectivity index (χ1) is 20.5. The van der Waals surface area contributed by atoms with Crippen LogP contribution in [-0.2, 0) is 27.8 Å². The number of sulfonamides is 1. The zero-order chi connectivity index (χ0) is 30.9. The number of hydrogen-bond acceptors (Lipinski definition) is 6. The van der Waals surface area contributed by atoms with Crippen molar-refractivity contribution in [3.05, 3.63) is 82.7 Å². The van der Waals surface area contributed by atoms with E-state index in [1.165, 1.54) is 18.0 Å². The molecule has 0 aliphatic carbocycles. The normalized spacial score (nSPS) is 18.9. The summed E-state index contributed by atoms with van der Waals surface area (Å²) < 4.78 is 50.3. The molecule has 3 aromatic rings. The van der Waals surface area contributed by atoms with Crippen LogP contribution in [0.2, 0.25) is 5.02 Å². The lowest BCUT2D eigenvalue weighted by Gasteiger charge is -2.41. The molecule has 2 aliphatic rings. The predicted octanol–water partition coefficient (Wildman–Crippen LogP) is 4.41. The van der Waals surface area contributed by atoms with Crippen LogP contribution in [0, 0.1) is 5.82 Å². The molecular weight excluding hydrogens is 595 g/mol. The van der Waals surface area contributed by atoms with E-state index >= 15 is 0 Å². The standard InChI is InChI=1S/C30H36ClFN6O4S/c1-5-38(6-2,20(3)4)19-21-7-9-24-27(11-14-42-29(24)15-21)36-18-22(34-35-36)16-28-30(39)33-12-13-37(28)43(40,41)23-8-10-26(32)25(31)17-23/h7-10,12-13,15,17-18,20,27-28H,5-6,11,14,16,19H2,1-4H3/p+1. The number of carbonyl (C=O) groups excluding carboxylic acids is 1. The highest BCUT2D eigenvalue weighted by Crippen LogP contribution is 2.36. The number of quaternary nitrogens is 1. The number of nitrogens with zero attached hydrogens (tertiary/aromatic N) is 5. The van der Waals surface area contributed by atoms with Crippen molar-refractivity contribution < 1.29 is 26.8 Å². The maximum atomic E-state index is 13.7. The van der Waals surface area contributed by atoms with Crippen LogP contribution >= 0.6 is 11.6 Å². The highest BCUT2D eigenvalue weighted by atomic mass is 35.5. The average Bonchev–Trinajstić information content (AvgIpc) is 3.46. The van der Waals surface area contributed by atoms with E-state index < -0.39 is 27.8 Å². The quantitative estimate of drug-likeness (QED) is 0.332. The van der Waals surface area contributed by atoms with E-state index in [1.54, 1.807) is 10.9 Å². The number of fused-ring (bicyclic) bond motifs is 1. The fourth-order valence-corrected chi connectivity index (χ4v) is 7.69. The van der Waals surface area contributed by atoms with Crippen LogP contribution in [-0.4, -0.2) is 69.9 Å². The molecule has 2 atom stereocenters. The molecule has 10 nitrogen and oxygen atoms in total. The Kier molecular flexibility index (Phi) is 8.82. The van der Waals surface area contributed by atoms with E-state index in [9.17, 15) is 17.6 Å². The first kappa shape index (κ1) is 31.0. The minimum atomic E-state index is -4.22. The Balaban J connectivity index is 1.37. The molecule has 5 rings (SSSR count). The van der Waals surface area contributed by atoms with E-state index in [4.69, 9.17) is 16.3 Å². The fourth-order valence-electron chi connectivity index (χ4n) is 5.97. The maximum absolute atomic E-state index is 13.7. The van der Waals surface area contributed by atoms with Crippen LogP contribution < -0.4 is 10.1 Å².